The molecule has 1 amide bonds. The number of Topliss-reactive ketones (excluding diaryl/α,β-unsaturated/α-hetero) is 1. The van der Waals surface area contributed by atoms with Gasteiger partial charge < -0.3 is 14.9 Å². The zero-order valence-electron chi connectivity index (χ0n) is 17.4. The molecule has 0 aliphatic carbocycles. The van der Waals surface area contributed by atoms with Crippen LogP contribution in [0.4, 0.5) is 5.69 Å². The monoisotopic (exact) mass is 449 g/mol. The summed E-state index contributed by atoms with van der Waals surface area (Å²) in [7, 11) is 1.37. The predicted molar refractivity (Wildman–Crippen MR) is 122 cm³/mol. The maximum Gasteiger partial charge on any atom is 0.300 e. The Balaban J connectivity index is 1.99. The van der Waals surface area contributed by atoms with Crippen LogP contribution in [-0.4, -0.2) is 29.0 Å². The zero-order valence-corrected chi connectivity index (χ0v) is 18.1. The molecule has 2 N–H and O–H groups in total. The lowest BCUT2D eigenvalue weighted by Crippen LogP contribution is -2.29. The van der Waals surface area contributed by atoms with Crippen LogP contribution in [0.5, 0.6) is 11.5 Å². The number of ketones is 1. The molecule has 3 aromatic carbocycles. The first kappa shape index (κ1) is 21.5. The van der Waals surface area contributed by atoms with Gasteiger partial charge in [-0.05, 0) is 36.8 Å². The third kappa shape index (κ3) is 3.59. The predicted octanol–water partition coefficient (Wildman–Crippen LogP) is 4.99. The lowest BCUT2D eigenvalue weighted by atomic mass is 9.94. The number of aliphatic hydroxyl groups is 1. The van der Waals surface area contributed by atoms with Crippen molar-refractivity contribution in [3.63, 3.8) is 0 Å². The molecule has 0 radical (unpaired) electrons. The van der Waals surface area contributed by atoms with Crippen molar-refractivity contribution in [3.8, 4) is 11.5 Å². The van der Waals surface area contributed by atoms with Gasteiger partial charge in [0.2, 0.25) is 0 Å². The van der Waals surface area contributed by atoms with Crippen molar-refractivity contribution >= 4 is 34.7 Å². The second-order valence-electron chi connectivity index (χ2n) is 7.42. The van der Waals surface area contributed by atoms with Gasteiger partial charge in [-0.3, -0.25) is 14.5 Å². The fraction of sp³-hybridized carbons (Fsp3) is 0.120. The number of aliphatic hydroxyl groups excluding tert-OH is 1. The van der Waals surface area contributed by atoms with Crippen molar-refractivity contribution < 1.29 is 24.5 Å². The molecule has 7 heteroatoms. The highest BCUT2D eigenvalue weighted by molar-refractivity contribution is 6.51. The number of hydrogen-bond acceptors (Lipinski definition) is 5. The van der Waals surface area contributed by atoms with Crippen LogP contribution in [0.2, 0.25) is 5.02 Å². The number of anilines is 1. The standard InChI is InChI=1S/C25H20ClNO5/c1-14-8-10-15(11-9-14)22(28)20-21(16-12-18(26)23(29)19(13-16)32-2)27(25(31)24(20)30)17-6-4-3-5-7-17/h3-13,21,28-29H,1-2H3/b22-20+. The van der Waals surface area contributed by atoms with Crippen LogP contribution in [0.3, 0.4) is 0 Å². The normalized spacial score (nSPS) is 17.6. The number of carbonyl (C=O) groups is 2. The molecule has 6 nitrogen and oxygen atoms in total. The summed E-state index contributed by atoms with van der Waals surface area (Å²) in [5.41, 5.74) is 2.19. The second-order valence-corrected chi connectivity index (χ2v) is 7.83. The molecule has 0 aromatic heterocycles. The lowest BCUT2D eigenvalue weighted by Gasteiger charge is -2.26. The number of aromatic hydroxyl groups is 1. The van der Waals surface area contributed by atoms with Gasteiger partial charge in [-0.25, -0.2) is 0 Å². The Kier molecular flexibility index (Phi) is 5.63. The number of ether oxygens (including phenoxy) is 1. The van der Waals surface area contributed by atoms with Crippen LogP contribution in [0.15, 0.2) is 72.3 Å². The van der Waals surface area contributed by atoms with Crippen molar-refractivity contribution in [1.29, 1.82) is 0 Å². The van der Waals surface area contributed by atoms with E-state index in [9.17, 15) is 19.8 Å². The molecule has 1 heterocycles. The van der Waals surface area contributed by atoms with Crippen molar-refractivity contribution in [1.82, 2.24) is 0 Å². The van der Waals surface area contributed by atoms with Gasteiger partial charge >= 0.3 is 0 Å². The number of hydrogen-bond donors (Lipinski definition) is 2. The summed E-state index contributed by atoms with van der Waals surface area (Å²) in [5.74, 6) is -2.07. The second kappa shape index (κ2) is 8.40. The molecule has 4 rings (SSSR count). The number of amides is 1. The lowest BCUT2D eigenvalue weighted by molar-refractivity contribution is -0.132. The van der Waals surface area contributed by atoms with Gasteiger partial charge in [0.15, 0.2) is 11.5 Å². The van der Waals surface area contributed by atoms with Crippen LogP contribution in [-0.2, 0) is 9.59 Å². The molecular weight excluding hydrogens is 430 g/mol. The topological polar surface area (TPSA) is 87.1 Å². The Morgan fingerprint density at radius 3 is 2.31 bits per heavy atom. The van der Waals surface area contributed by atoms with Crippen LogP contribution in [0.1, 0.15) is 22.7 Å². The van der Waals surface area contributed by atoms with E-state index in [1.807, 2.05) is 6.92 Å². The number of methoxy groups -OCH3 is 1. The van der Waals surface area contributed by atoms with Crippen molar-refractivity contribution in [2.45, 2.75) is 13.0 Å². The molecule has 1 fully saturated rings. The van der Waals surface area contributed by atoms with Crippen LogP contribution < -0.4 is 9.64 Å². The summed E-state index contributed by atoms with van der Waals surface area (Å²) < 4.78 is 5.21. The quantitative estimate of drug-likeness (QED) is 0.333. The van der Waals surface area contributed by atoms with Gasteiger partial charge in [0.05, 0.1) is 23.7 Å². The fourth-order valence-electron chi connectivity index (χ4n) is 3.78. The molecule has 0 bridgehead atoms. The first-order valence-electron chi connectivity index (χ1n) is 9.83. The first-order valence-corrected chi connectivity index (χ1v) is 10.2. The molecule has 3 aromatic rings. The number of halogens is 1. The van der Waals surface area contributed by atoms with Gasteiger partial charge in [-0.2, -0.15) is 0 Å². The van der Waals surface area contributed by atoms with E-state index < -0.39 is 17.7 Å². The van der Waals surface area contributed by atoms with Crippen LogP contribution in [0.25, 0.3) is 5.76 Å². The van der Waals surface area contributed by atoms with E-state index in [4.69, 9.17) is 16.3 Å². The van der Waals surface area contributed by atoms with Crippen LogP contribution >= 0.6 is 11.6 Å². The number of nitrogens with zero attached hydrogens (tertiary/aromatic N) is 1. The largest absolute Gasteiger partial charge is 0.507 e. The Hall–Kier alpha value is -3.77. The summed E-state index contributed by atoms with van der Waals surface area (Å²) in [5, 5.41) is 21.3. The molecule has 1 atom stereocenters. The molecule has 32 heavy (non-hydrogen) atoms. The fourth-order valence-corrected chi connectivity index (χ4v) is 4.00. The number of benzene rings is 3. The Labute approximate surface area is 189 Å². The molecule has 1 aliphatic rings. The third-order valence-electron chi connectivity index (χ3n) is 5.39. The number of para-hydroxylation sites is 1. The van der Waals surface area contributed by atoms with E-state index in [0.29, 0.717) is 16.8 Å². The van der Waals surface area contributed by atoms with Crippen molar-refractivity contribution in [2.75, 3.05) is 12.0 Å². The molecule has 1 aliphatic heterocycles. The highest BCUT2D eigenvalue weighted by Crippen LogP contribution is 2.45. The molecule has 162 valence electrons. The average Bonchev–Trinajstić information content (AvgIpc) is 3.06. The van der Waals surface area contributed by atoms with E-state index in [-0.39, 0.29) is 27.9 Å². The molecular formula is C25H20ClNO5. The summed E-state index contributed by atoms with van der Waals surface area (Å²) in [4.78, 5) is 27.6. The van der Waals surface area contributed by atoms with Crippen molar-refractivity contribution in [2.24, 2.45) is 0 Å². The van der Waals surface area contributed by atoms with Gasteiger partial charge in [0.1, 0.15) is 5.76 Å². The minimum Gasteiger partial charge on any atom is -0.507 e. The maximum absolute atomic E-state index is 13.1. The number of phenols is 1. The summed E-state index contributed by atoms with van der Waals surface area (Å²) in [6, 6.07) is 17.6. The van der Waals surface area contributed by atoms with E-state index in [2.05, 4.69) is 0 Å². The molecule has 0 spiro atoms. The molecule has 1 unspecified atom stereocenters. The smallest absolute Gasteiger partial charge is 0.300 e. The Bertz CT molecular complexity index is 1240. The minimum absolute atomic E-state index is 0.00617. The summed E-state index contributed by atoms with van der Waals surface area (Å²) >= 11 is 6.21. The molecule has 0 saturated carbocycles. The Morgan fingerprint density at radius 1 is 1.03 bits per heavy atom. The highest BCUT2D eigenvalue weighted by atomic mass is 35.5. The van der Waals surface area contributed by atoms with Crippen molar-refractivity contribution in [3.05, 3.63) is 94.0 Å². The highest BCUT2D eigenvalue weighted by Gasteiger charge is 2.47. The molecule has 1 saturated heterocycles. The maximum atomic E-state index is 13.1. The van der Waals surface area contributed by atoms with E-state index in [0.717, 1.165) is 5.56 Å². The summed E-state index contributed by atoms with van der Waals surface area (Å²) in [6.07, 6.45) is 0. The zero-order chi connectivity index (χ0) is 23.0. The number of carbonyl (C=O) groups excluding carboxylic acids is 2. The number of aryl methyl sites for hydroxylation is 1. The average molecular weight is 450 g/mol. The van der Waals surface area contributed by atoms with Gasteiger partial charge in [-0.15, -0.1) is 0 Å². The first-order chi connectivity index (χ1) is 15.3. The van der Waals surface area contributed by atoms with Gasteiger partial charge in [-0.1, -0.05) is 59.6 Å². The van der Waals surface area contributed by atoms with Crippen LogP contribution in [0, 0.1) is 6.92 Å². The Morgan fingerprint density at radius 2 is 1.69 bits per heavy atom. The minimum atomic E-state index is -0.981. The van der Waals surface area contributed by atoms with E-state index >= 15 is 0 Å². The number of rotatable bonds is 4. The SMILES string of the molecule is COc1cc(C2/C(=C(\O)c3ccc(C)cc3)C(=O)C(=O)N2c2ccccc2)cc(Cl)c1O. The van der Waals surface area contributed by atoms with E-state index in [1.54, 1.807) is 54.6 Å². The number of phenolic OH excluding ortho intramolecular Hbond substituents is 1. The van der Waals surface area contributed by atoms with Gasteiger partial charge in [0, 0.05) is 11.3 Å². The van der Waals surface area contributed by atoms with E-state index in [1.165, 1.54) is 24.1 Å². The third-order valence-corrected chi connectivity index (χ3v) is 5.68. The van der Waals surface area contributed by atoms with Gasteiger partial charge in [0.25, 0.3) is 11.7 Å². The summed E-state index contributed by atoms with van der Waals surface area (Å²) in [6.45, 7) is 1.91.